The molecule has 23 heavy (non-hydrogen) atoms. The number of nitrogens with zero attached hydrogens (tertiary/aromatic N) is 3. The largest absolute Gasteiger partial charge is 0.458 e. The van der Waals surface area contributed by atoms with Crippen LogP contribution in [0.3, 0.4) is 0 Å². The number of hydrogen-bond donors (Lipinski definition) is 0. The zero-order valence-corrected chi connectivity index (χ0v) is 15.1. The van der Waals surface area contributed by atoms with Crippen molar-refractivity contribution < 1.29 is 9.53 Å². The number of carbonyl (C=O) groups excluding carboxylic acids is 1. The smallest absolute Gasteiger partial charge is 0.357 e. The van der Waals surface area contributed by atoms with E-state index in [-0.39, 0.29) is 18.0 Å². The highest BCUT2D eigenvalue weighted by Crippen LogP contribution is 2.33. The van der Waals surface area contributed by atoms with E-state index < -0.39 is 0 Å². The number of rotatable bonds is 3. The molecule has 3 rings (SSSR count). The number of ether oxygens (including phenoxy) is 1. The van der Waals surface area contributed by atoms with Gasteiger partial charge < -0.3 is 4.74 Å². The van der Waals surface area contributed by atoms with Crippen LogP contribution in [-0.2, 0) is 4.74 Å². The van der Waals surface area contributed by atoms with Crippen molar-refractivity contribution in [3.63, 3.8) is 0 Å². The first kappa shape index (κ1) is 15.9. The average molecular weight is 376 g/mol. The Hall–Kier alpha value is -1.95. The molecule has 0 bridgehead atoms. The lowest BCUT2D eigenvalue weighted by molar-refractivity contribution is 0.0366. The highest BCUT2D eigenvalue weighted by Gasteiger charge is 2.25. The average Bonchev–Trinajstić information content (AvgIpc) is 2.93. The highest BCUT2D eigenvalue weighted by molar-refractivity contribution is 9.10. The minimum Gasteiger partial charge on any atom is -0.458 e. The van der Waals surface area contributed by atoms with Gasteiger partial charge in [0.05, 0.1) is 6.10 Å². The second kappa shape index (κ2) is 5.92. The number of pyridine rings is 1. The van der Waals surface area contributed by atoms with E-state index in [0.717, 1.165) is 20.8 Å². The first-order chi connectivity index (χ1) is 10.9. The van der Waals surface area contributed by atoms with E-state index in [0.29, 0.717) is 11.3 Å². The van der Waals surface area contributed by atoms with E-state index in [2.05, 4.69) is 39.9 Å². The Kier molecular flexibility index (Phi) is 4.10. The van der Waals surface area contributed by atoms with E-state index in [1.807, 2.05) is 32.0 Å². The number of hydrogen-bond acceptors (Lipinski definition) is 4. The van der Waals surface area contributed by atoms with Crippen molar-refractivity contribution >= 4 is 38.3 Å². The summed E-state index contributed by atoms with van der Waals surface area (Å²) in [4.78, 5) is 17.0. The maximum Gasteiger partial charge on any atom is 0.357 e. The van der Waals surface area contributed by atoms with E-state index in [4.69, 9.17) is 4.74 Å². The molecule has 3 aromatic rings. The van der Waals surface area contributed by atoms with E-state index in [1.54, 1.807) is 4.52 Å². The normalized spacial score (nSPS) is 11.8. The minimum absolute atomic E-state index is 0.134. The van der Waals surface area contributed by atoms with Crippen molar-refractivity contribution in [1.82, 2.24) is 14.6 Å². The van der Waals surface area contributed by atoms with Gasteiger partial charge in [0, 0.05) is 9.86 Å². The lowest BCUT2D eigenvalue weighted by Gasteiger charge is -2.18. The van der Waals surface area contributed by atoms with Crippen LogP contribution in [0.15, 0.2) is 29.0 Å². The molecule has 0 saturated heterocycles. The summed E-state index contributed by atoms with van der Waals surface area (Å²) in [5, 5.41) is 6.21. The molecule has 0 radical (unpaired) electrons. The summed E-state index contributed by atoms with van der Waals surface area (Å²) in [5.41, 5.74) is 2.03. The van der Waals surface area contributed by atoms with Gasteiger partial charge in [-0.05, 0) is 48.9 Å². The summed E-state index contributed by atoms with van der Waals surface area (Å²) in [6, 6.07) is 5.98. The monoisotopic (exact) mass is 375 g/mol. The lowest BCUT2D eigenvalue weighted by Crippen LogP contribution is -2.19. The van der Waals surface area contributed by atoms with Crippen LogP contribution in [0.25, 0.3) is 16.4 Å². The Morgan fingerprint density at radius 1 is 1.22 bits per heavy atom. The second-order valence-corrected chi connectivity index (χ2v) is 6.97. The summed E-state index contributed by atoms with van der Waals surface area (Å²) in [5.74, 6) is -0.240. The molecule has 0 amide bonds. The molecular formula is C17H18BrN3O2. The van der Waals surface area contributed by atoms with Crippen molar-refractivity contribution in [2.24, 2.45) is 0 Å². The predicted octanol–water partition coefficient (Wildman–Crippen LogP) is 4.33. The van der Waals surface area contributed by atoms with E-state index >= 15 is 0 Å². The molecule has 0 aliphatic rings. The first-order valence-electron chi connectivity index (χ1n) is 7.56. The quantitative estimate of drug-likeness (QED) is 0.639. The molecule has 5 nitrogen and oxygen atoms in total. The fourth-order valence-electron chi connectivity index (χ4n) is 2.82. The van der Waals surface area contributed by atoms with Crippen LogP contribution in [0.4, 0.5) is 0 Å². The van der Waals surface area contributed by atoms with Gasteiger partial charge in [0.1, 0.15) is 6.33 Å². The van der Waals surface area contributed by atoms with Gasteiger partial charge in [-0.15, -0.1) is 0 Å². The van der Waals surface area contributed by atoms with Gasteiger partial charge in [0.2, 0.25) is 0 Å². The summed E-state index contributed by atoms with van der Waals surface area (Å²) in [6.45, 7) is 7.79. The van der Waals surface area contributed by atoms with Crippen molar-refractivity contribution in [3.8, 4) is 0 Å². The standard InChI is InChI=1S/C17H18BrN3O2/c1-9(2)14-13-7-11(18)5-6-12(13)16-19-8-20-21(16)15(14)17(22)23-10(3)4/h5-10H,1-4H3. The summed E-state index contributed by atoms with van der Waals surface area (Å²) in [7, 11) is 0. The van der Waals surface area contributed by atoms with Crippen LogP contribution in [0.1, 0.15) is 49.7 Å². The molecule has 0 unspecified atom stereocenters. The SMILES string of the molecule is CC(C)OC(=O)c1c(C(C)C)c2cc(Br)ccc2c2ncnn12. The topological polar surface area (TPSA) is 56.5 Å². The molecule has 2 aromatic heterocycles. The maximum absolute atomic E-state index is 12.7. The summed E-state index contributed by atoms with van der Waals surface area (Å²) in [6.07, 6.45) is 1.27. The highest BCUT2D eigenvalue weighted by atomic mass is 79.9. The molecule has 0 spiro atoms. The summed E-state index contributed by atoms with van der Waals surface area (Å²) >= 11 is 3.51. The van der Waals surface area contributed by atoms with Crippen LogP contribution in [0, 0.1) is 0 Å². The van der Waals surface area contributed by atoms with Crippen LogP contribution >= 0.6 is 15.9 Å². The molecule has 2 heterocycles. The number of esters is 1. The van der Waals surface area contributed by atoms with Gasteiger partial charge in [0.25, 0.3) is 0 Å². The van der Waals surface area contributed by atoms with Crippen LogP contribution in [-0.4, -0.2) is 26.7 Å². The maximum atomic E-state index is 12.7. The van der Waals surface area contributed by atoms with Crippen molar-refractivity contribution in [2.75, 3.05) is 0 Å². The molecular weight excluding hydrogens is 358 g/mol. The van der Waals surface area contributed by atoms with Gasteiger partial charge in [0.15, 0.2) is 11.3 Å². The van der Waals surface area contributed by atoms with Crippen molar-refractivity contribution in [2.45, 2.75) is 39.7 Å². The third kappa shape index (κ3) is 2.72. The van der Waals surface area contributed by atoms with Gasteiger partial charge in [-0.25, -0.2) is 14.3 Å². The number of fused-ring (bicyclic) bond motifs is 3. The Morgan fingerprint density at radius 2 is 1.96 bits per heavy atom. The first-order valence-corrected chi connectivity index (χ1v) is 8.35. The van der Waals surface area contributed by atoms with E-state index in [1.165, 1.54) is 6.33 Å². The number of halogens is 1. The van der Waals surface area contributed by atoms with Gasteiger partial charge in [-0.1, -0.05) is 29.8 Å². The van der Waals surface area contributed by atoms with Crippen LogP contribution in [0.2, 0.25) is 0 Å². The molecule has 0 fully saturated rings. The summed E-state index contributed by atoms with van der Waals surface area (Å²) < 4.78 is 8.00. The zero-order chi connectivity index (χ0) is 16.7. The molecule has 0 aliphatic heterocycles. The second-order valence-electron chi connectivity index (χ2n) is 6.06. The molecule has 1 aromatic carbocycles. The van der Waals surface area contributed by atoms with E-state index in [9.17, 15) is 4.79 Å². The van der Waals surface area contributed by atoms with Crippen molar-refractivity contribution in [1.29, 1.82) is 0 Å². The number of benzene rings is 1. The molecule has 6 heteroatoms. The van der Waals surface area contributed by atoms with Crippen molar-refractivity contribution in [3.05, 3.63) is 40.3 Å². The Bertz CT molecular complexity index is 900. The lowest BCUT2D eigenvalue weighted by atomic mass is 9.94. The van der Waals surface area contributed by atoms with Gasteiger partial charge in [-0.2, -0.15) is 5.10 Å². The Balaban J connectivity index is 2.45. The molecule has 0 N–H and O–H groups in total. The minimum atomic E-state index is -0.374. The number of aromatic nitrogens is 3. The Labute approximate surface area is 142 Å². The fourth-order valence-corrected chi connectivity index (χ4v) is 3.18. The molecule has 0 saturated carbocycles. The van der Waals surface area contributed by atoms with Crippen LogP contribution in [0.5, 0.6) is 0 Å². The van der Waals surface area contributed by atoms with Gasteiger partial charge in [-0.3, -0.25) is 0 Å². The molecule has 120 valence electrons. The Morgan fingerprint density at radius 3 is 2.61 bits per heavy atom. The van der Waals surface area contributed by atoms with Gasteiger partial charge >= 0.3 is 5.97 Å². The third-order valence-corrected chi connectivity index (χ3v) is 4.13. The predicted molar refractivity (Wildman–Crippen MR) is 92.8 cm³/mol. The molecule has 0 atom stereocenters. The third-order valence-electron chi connectivity index (χ3n) is 3.64. The fraction of sp³-hybridized carbons (Fsp3) is 0.353. The number of carbonyl (C=O) groups is 1. The van der Waals surface area contributed by atoms with Crippen LogP contribution < -0.4 is 0 Å². The molecule has 0 aliphatic carbocycles. The zero-order valence-electron chi connectivity index (χ0n) is 13.5.